The monoisotopic (exact) mass is 289 g/mol. The number of ketones is 1. The molecule has 1 amide bonds. The third kappa shape index (κ3) is 1.96. The molecule has 4 nitrogen and oxygen atoms in total. The molecule has 0 atom stereocenters. The van der Waals surface area contributed by atoms with Crippen LogP contribution >= 0.6 is 0 Å². The molecule has 0 spiro atoms. The number of fused-ring (bicyclic) bond motifs is 1. The van der Waals surface area contributed by atoms with Crippen molar-refractivity contribution < 1.29 is 23.1 Å². The van der Waals surface area contributed by atoms with Gasteiger partial charge in [0.25, 0.3) is 11.7 Å². The first-order valence-corrected chi connectivity index (χ1v) is 6.05. The van der Waals surface area contributed by atoms with E-state index in [1.807, 2.05) is 0 Å². The molecule has 0 saturated heterocycles. The molecular formula is C15H9F2NO3. The first-order valence-electron chi connectivity index (χ1n) is 6.05. The van der Waals surface area contributed by atoms with E-state index in [4.69, 9.17) is 4.74 Å². The van der Waals surface area contributed by atoms with Gasteiger partial charge in [-0.15, -0.1) is 0 Å². The summed E-state index contributed by atoms with van der Waals surface area (Å²) in [5, 5.41) is 2.30. The lowest BCUT2D eigenvalue weighted by Crippen LogP contribution is -2.12. The van der Waals surface area contributed by atoms with Crippen LogP contribution in [0.2, 0.25) is 0 Å². The minimum Gasteiger partial charge on any atom is -0.492 e. The van der Waals surface area contributed by atoms with E-state index < -0.39 is 23.3 Å². The van der Waals surface area contributed by atoms with E-state index in [1.165, 1.54) is 31.4 Å². The van der Waals surface area contributed by atoms with Crippen LogP contribution in [0.4, 0.5) is 14.5 Å². The first kappa shape index (κ1) is 13.2. The molecule has 1 aliphatic heterocycles. The Morgan fingerprint density at radius 2 is 1.76 bits per heavy atom. The largest absolute Gasteiger partial charge is 0.492 e. The van der Waals surface area contributed by atoms with Crippen LogP contribution < -0.4 is 10.1 Å². The van der Waals surface area contributed by atoms with Gasteiger partial charge in [-0.2, -0.15) is 0 Å². The van der Waals surface area contributed by atoms with Crippen LogP contribution in [0.5, 0.6) is 5.75 Å². The van der Waals surface area contributed by atoms with Crippen LogP contribution in [0.25, 0.3) is 11.1 Å². The zero-order valence-electron chi connectivity index (χ0n) is 10.9. The summed E-state index contributed by atoms with van der Waals surface area (Å²) in [5.41, 5.74) is 0.683. The van der Waals surface area contributed by atoms with Crippen LogP contribution in [-0.2, 0) is 4.79 Å². The fraction of sp³-hybridized carbons (Fsp3) is 0.0667. The lowest BCUT2D eigenvalue weighted by Gasteiger charge is -2.12. The topological polar surface area (TPSA) is 55.4 Å². The molecule has 6 heteroatoms. The van der Waals surface area contributed by atoms with Crippen molar-refractivity contribution in [3.05, 3.63) is 47.5 Å². The molecule has 0 fully saturated rings. The van der Waals surface area contributed by atoms with Crippen molar-refractivity contribution in [1.29, 1.82) is 0 Å². The minimum absolute atomic E-state index is 0.00632. The second kappa shape index (κ2) is 4.66. The summed E-state index contributed by atoms with van der Waals surface area (Å²) in [7, 11) is 1.24. The number of rotatable bonds is 2. The molecule has 0 aromatic heterocycles. The number of amides is 1. The second-order valence-electron chi connectivity index (χ2n) is 4.48. The van der Waals surface area contributed by atoms with Crippen molar-refractivity contribution in [2.45, 2.75) is 0 Å². The predicted octanol–water partition coefficient (Wildman–Crippen LogP) is 2.78. The average Bonchev–Trinajstić information content (AvgIpc) is 2.75. The van der Waals surface area contributed by atoms with Crippen LogP contribution in [0.1, 0.15) is 10.4 Å². The molecule has 2 aromatic rings. The summed E-state index contributed by atoms with van der Waals surface area (Å²) in [6, 6.07) is 6.31. The lowest BCUT2D eigenvalue weighted by atomic mass is 9.96. The normalized spacial score (nSPS) is 13.1. The average molecular weight is 289 g/mol. The van der Waals surface area contributed by atoms with Gasteiger partial charge in [-0.25, -0.2) is 8.78 Å². The van der Waals surface area contributed by atoms with Crippen molar-refractivity contribution in [2.24, 2.45) is 0 Å². The summed E-state index contributed by atoms with van der Waals surface area (Å²) in [5.74, 6) is -2.99. The Morgan fingerprint density at radius 1 is 1.10 bits per heavy atom. The number of anilines is 1. The van der Waals surface area contributed by atoms with Gasteiger partial charge in [0.05, 0.1) is 18.4 Å². The lowest BCUT2D eigenvalue weighted by molar-refractivity contribution is -0.112. The quantitative estimate of drug-likeness (QED) is 0.865. The second-order valence-corrected chi connectivity index (χ2v) is 4.48. The van der Waals surface area contributed by atoms with E-state index in [2.05, 4.69) is 5.32 Å². The van der Waals surface area contributed by atoms with Gasteiger partial charge >= 0.3 is 0 Å². The standard InChI is InChI=1S/C15H9F2NO3/c1-21-14-10(17)6-9(7-2-4-8(16)5-3-7)11-12(14)18-15(20)13(11)19/h2-6H,1H3,(H,18,19,20). The van der Waals surface area contributed by atoms with Crippen molar-refractivity contribution >= 4 is 17.4 Å². The maximum atomic E-state index is 14.1. The van der Waals surface area contributed by atoms with Crippen molar-refractivity contribution in [3.8, 4) is 16.9 Å². The highest BCUT2D eigenvalue weighted by atomic mass is 19.1. The number of carbonyl (C=O) groups excluding carboxylic acids is 2. The Morgan fingerprint density at radius 3 is 2.38 bits per heavy atom. The molecule has 21 heavy (non-hydrogen) atoms. The van der Waals surface area contributed by atoms with Crippen LogP contribution in [0, 0.1) is 11.6 Å². The van der Waals surface area contributed by atoms with Gasteiger partial charge in [0, 0.05) is 0 Å². The Kier molecular flexibility index (Phi) is 2.94. The number of benzene rings is 2. The van der Waals surface area contributed by atoms with Gasteiger partial charge in [0.2, 0.25) is 0 Å². The number of carbonyl (C=O) groups is 2. The van der Waals surface area contributed by atoms with Gasteiger partial charge < -0.3 is 10.1 Å². The van der Waals surface area contributed by atoms with E-state index in [9.17, 15) is 18.4 Å². The summed E-state index contributed by atoms with van der Waals surface area (Å²) < 4.78 is 31.9. The Bertz CT molecular complexity index is 769. The molecule has 0 bridgehead atoms. The number of hydrogen-bond donors (Lipinski definition) is 1. The van der Waals surface area contributed by atoms with E-state index in [0.717, 1.165) is 6.07 Å². The van der Waals surface area contributed by atoms with Gasteiger partial charge in [-0.3, -0.25) is 9.59 Å². The molecule has 1 N–H and O–H groups in total. The van der Waals surface area contributed by atoms with E-state index in [-0.39, 0.29) is 22.6 Å². The maximum absolute atomic E-state index is 14.1. The summed E-state index contributed by atoms with van der Waals surface area (Å²) in [6.07, 6.45) is 0. The smallest absolute Gasteiger partial charge is 0.296 e. The molecule has 0 saturated carbocycles. The zero-order chi connectivity index (χ0) is 15.1. The SMILES string of the molecule is COc1c(F)cc(-c2ccc(F)cc2)c2c1NC(=O)C2=O. The molecule has 1 aliphatic rings. The zero-order valence-corrected chi connectivity index (χ0v) is 10.9. The van der Waals surface area contributed by atoms with Gasteiger partial charge in [-0.05, 0) is 29.3 Å². The number of hydrogen-bond acceptors (Lipinski definition) is 3. The highest BCUT2D eigenvalue weighted by Gasteiger charge is 2.35. The third-order valence-electron chi connectivity index (χ3n) is 3.27. The van der Waals surface area contributed by atoms with Crippen LogP contribution in [-0.4, -0.2) is 18.8 Å². The van der Waals surface area contributed by atoms with Crippen molar-refractivity contribution in [2.75, 3.05) is 12.4 Å². The fourth-order valence-corrected chi connectivity index (χ4v) is 2.33. The Hall–Kier alpha value is -2.76. The van der Waals surface area contributed by atoms with Gasteiger partial charge in [0.15, 0.2) is 11.6 Å². The highest BCUT2D eigenvalue weighted by molar-refractivity contribution is 6.53. The summed E-state index contributed by atoms with van der Waals surface area (Å²) >= 11 is 0. The third-order valence-corrected chi connectivity index (χ3v) is 3.27. The number of nitrogens with one attached hydrogen (secondary N) is 1. The van der Waals surface area contributed by atoms with E-state index in [1.54, 1.807) is 0 Å². The van der Waals surface area contributed by atoms with Gasteiger partial charge in [0.1, 0.15) is 5.82 Å². The molecule has 0 aliphatic carbocycles. The van der Waals surface area contributed by atoms with Crippen molar-refractivity contribution in [1.82, 2.24) is 0 Å². The Balaban J connectivity index is 2.30. The summed E-state index contributed by atoms with van der Waals surface area (Å²) in [4.78, 5) is 23.5. The van der Waals surface area contributed by atoms with Crippen LogP contribution in [0.15, 0.2) is 30.3 Å². The van der Waals surface area contributed by atoms with E-state index >= 15 is 0 Å². The Labute approximate surface area is 118 Å². The molecule has 2 aromatic carbocycles. The predicted molar refractivity (Wildman–Crippen MR) is 71.3 cm³/mol. The van der Waals surface area contributed by atoms with E-state index in [0.29, 0.717) is 5.56 Å². The highest BCUT2D eigenvalue weighted by Crippen LogP contribution is 2.41. The molecule has 3 rings (SSSR count). The molecule has 106 valence electrons. The number of Topliss-reactive ketones (excluding diaryl/α,β-unsaturated/α-hetero) is 1. The minimum atomic E-state index is -0.850. The van der Waals surface area contributed by atoms with Gasteiger partial charge in [-0.1, -0.05) is 12.1 Å². The first-order chi connectivity index (χ1) is 10.0. The number of halogens is 2. The molecule has 0 radical (unpaired) electrons. The molecule has 0 unspecified atom stereocenters. The molecule has 1 heterocycles. The van der Waals surface area contributed by atoms with Crippen LogP contribution in [0.3, 0.4) is 0 Å². The molecular weight excluding hydrogens is 280 g/mol. The fourth-order valence-electron chi connectivity index (χ4n) is 2.33. The number of methoxy groups -OCH3 is 1. The maximum Gasteiger partial charge on any atom is 0.296 e. The van der Waals surface area contributed by atoms with Crippen molar-refractivity contribution in [3.63, 3.8) is 0 Å². The number of ether oxygens (including phenoxy) is 1. The summed E-state index contributed by atoms with van der Waals surface area (Å²) in [6.45, 7) is 0.